The van der Waals surface area contributed by atoms with Crippen LogP contribution in [0.3, 0.4) is 0 Å². The van der Waals surface area contributed by atoms with Gasteiger partial charge in [0.05, 0.1) is 13.2 Å². The number of nitrogens with zero attached hydrogens (tertiary/aromatic N) is 1. The van der Waals surface area contributed by atoms with E-state index in [0.717, 1.165) is 50.5 Å². The third-order valence-electron chi connectivity index (χ3n) is 4.33. The Kier molecular flexibility index (Phi) is 4.03. The molecule has 0 aromatic rings. The van der Waals surface area contributed by atoms with Crippen molar-refractivity contribution in [3.63, 3.8) is 0 Å². The summed E-state index contributed by atoms with van der Waals surface area (Å²) in [6.45, 7) is 7.22. The van der Waals surface area contributed by atoms with E-state index in [1.165, 1.54) is 31.5 Å². The molecule has 0 amide bonds. The first-order valence-electron chi connectivity index (χ1n) is 7.86. The molecule has 4 heteroatoms. The van der Waals surface area contributed by atoms with Crippen molar-refractivity contribution in [1.82, 2.24) is 4.90 Å². The molecule has 2 heterocycles. The second-order valence-corrected chi connectivity index (χ2v) is 6.47. The molecule has 2 N–H and O–H groups in total. The van der Waals surface area contributed by atoms with E-state index >= 15 is 0 Å². The summed E-state index contributed by atoms with van der Waals surface area (Å²) < 4.78 is 11.7. The van der Waals surface area contributed by atoms with Gasteiger partial charge < -0.3 is 20.1 Å². The van der Waals surface area contributed by atoms with Gasteiger partial charge in [0.1, 0.15) is 0 Å². The summed E-state index contributed by atoms with van der Waals surface area (Å²) in [5.41, 5.74) is 7.30. The van der Waals surface area contributed by atoms with Gasteiger partial charge in [-0.3, -0.25) is 0 Å². The molecule has 0 saturated carbocycles. The van der Waals surface area contributed by atoms with Crippen molar-refractivity contribution in [3.05, 3.63) is 23.2 Å². The third-order valence-corrected chi connectivity index (χ3v) is 4.33. The third kappa shape index (κ3) is 3.18. The van der Waals surface area contributed by atoms with Crippen LogP contribution >= 0.6 is 0 Å². The van der Waals surface area contributed by atoms with Crippen molar-refractivity contribution >= 4 is 0 Å². The van der Waals surface area contributed by atoms with Gasteiger partial charge in [0, 0.05) is 18.5 Å². The van der Waals surface area contributed by atoms with E-state index in [-0.39, 0.29) is 5.54 Å². The van der Waals surface area contributed by atoms with Crippen LogP contribution in [0.25, 0.3) is 0 Å². The topological polar surface area (TPSA) is 47.7 Å². The second-order valence-electron chi connectivity index (χ2n) is 6.47. The zero-order valence-electron chi connectivity index (χ0n) is 12.5. The number of hydrogen-bond acceptors (Lipinski definition) is 4. The molecule has 0 aromatic heterocycles. The molecular formula is C16H26N2O2. The molecule has 1 atom stereocenters. The minimum absolute atomic E-state index is 0.295. The van der Waals surface area contributed by atoms with Crippen LogP contribution in [0.1, 0.15) is 39.0 Å². The lowest BCUT2D eigenvalue weighted by Gasteiger charge is -2.28. The molecule has 0 aromatic carbocycles. The van der Waals surface area contributed by atoms with Gasteiger partial charge in [-0.2, -0.15) is 0 Å². The molecule has 2 aliphatic heterocycles. The predicted molar refractivity (Wildman–Crippen MR) is 79.1 cm³/mol. The number of likely N-dealkylation sites (tertiary alicyclic amines) is 1. The lowest BCUT2D eigenvalue weighted by atomic mass is 9.87. The van der Waals surface area contributed by atoms with Gasteiger partial charge >= 0.3 is 0 Å². The maximum atomic E-state index is 6.27. The normalized spacial score (nSPS) is 30.2. The standard InChI is InChI=1S/C16H26N2O2/c1-16(17)11-13-5-10-20-15(13)14(12-16)19-9-4-8-18-6-2-3-7-18/h12H,2-11,17H2,1H3. The molecular weight excluding hydrogens is 252 g/mol. The SMILES string of the molecule is CC1(N)C=C(OCCCN2CCCC2)C2=C(CCO2)C1. The average molecular weight is 278 g/mol. The molecule has 0 spiro atoms. The first kappa shape index (κ1) is 14.0. The molecule has 1 unspecified atom stereocenters. The first-order chi connectivity index (χ1) is 9.64. The predicted octanol–water partition coefficient (Wildman–Crippen LogP) is 2.17. The Labute approximate surface area is 121 Å². The van der Waals surface area contributed by atoms with Crippen molar-refractivity contribution in [3.8, 4) is 0 Å². The van der Waals surface area contributed by atoms with Gasteiger partial charge in [-0.1, -0.05) is 0 Å². The Bertz CT molecular complexity index is 420. The quantitative estimate of drug-likeness (QED) is 0.783. The first-order valence-corrected chi connectivity index (χ1v) is 7.86. The van der Waals surface area contributed by atoms with Gasteiger partial charge in [0.15, 0.2) is 11.5 Å². The second kappa shape index (κ2) is 5.78. The average Bonchev–Trinajstić information content (AvgIpc) is 3.03. The van der Waals surface area contributed by atoms with E-state index in [1.54, 1.807) is 0 Å². The summed E-state index contributed by atoms with van der Waals surface area (Å²) in [7, 11) is 0. The minimum atomic E-state index is -0.295. The highest BCUT2D eigenvalue weighted by molar-refractivity contribution is 5.37. The highest BCUT2D eigenvalue weighted by atomic mass is 16.5. The summed E-state index contributed by atoms with van der Waals surface area (Å²) >= 11 is 0. The molecule has 1 fully saturated rings. The molecule has 4 nitrogen and oxygen atoms in total. The van der Waals surface area contributed by atoms with Crippen LogP contribution in [0, 0.1) is 0 Å². The van der Waals surface area contributed by atoms with E-state index in [2.05, 4.69) is 11.8 Å². The summed E-state index contributed by atoms with van der Waals surface area (Å²) in [4.78, 5) is 2.52. The van der Waals surface area contributed by atoms with Gasteiger partial charge in [-0.25, -0.2) is 0 Å². The molecule has 0 radical (unpaired) electrons. The van der Waals surface area contributed by atoms with Crippen molar-refractivity contribution in [2.75, 3.05) is 32.8 Å². The monoisotopic (exact) mass is 278 g/mol. The van der Waals surface area contributed by atoms with Gasteiger partial charge in [-0.15, -0.1) is 0 Å². The van der Waals surface area contributed by atoms with E-state index < -0.39 is 0 Å². The minimum Gasteiger partial charge on any atom is -0.490 e. The molecule has 1 saturated heterocycles. The fraction of sp³-hybridized carbons (Fsp3) is 0.750. The summed E-state index contributed by atoms with van der Waals surface area (Å²) in [6, 6.07) is 0. The number of rotatable bonds is 5. The molecule has 3 aliphatic rings. The van der Waals surface area contributed by atoms with Crippen LogP contribution in [0.4, 0.5) is 0 Å². The van der Waals surface area contributed by atoms with Crippen LogP contribution in [-0.2, 0) is 9.47 Å². The van der Waals surface area contributed by atoms with E-state index in [0.29, 0.717) is 0 Å². The van der Waals surface area contributed by atoms with E-state index in [4.69, 9.17) is 15.2 Å². The van der Waals surface area contributed by atoms with Gasteiger partial charge in [-0.05, 0) is 57.3 Å². The van der Waals surface area contributed by atoms with Crippen LogP contribution in [0.5, 0.6) is 0 Å². The maximum Gasteiger partial charge on any atom is 0.160 e. The highest BCUT2D eigenvalue weighted by Gasteiger charge is 2.32. The zero-order valence-corrected chi connectivity index (χ0v) is 12.5. The summed E-state index contributed by atoms with van der Waals surface area (Å²) in [5, 5.41) is 0. The van der Waals surface area contributed by atoms with E-state index in [1.807, 2.05) is 6.08 Å². The number of nitrogens with two attached hydrogens (primary N) is 1. The van der Waals surface area contributed by atoms with Crippen molar-refractivity contribution in [1.29, 1.82) is 0 Å². The van der Waals surface area contributed by atoms with Crippen molar-refractivity contribution < 1.29 is 9.47 Å². The molecule has 20 heavy (non-hydrogen) atoms. The van der Waals surface area contributed by atoms with Crippen molar-refractivity contribution in [2.24, 2.45) is 5.73 Å². The van der Waals surface area contributed by atoms with Gasteiger partial charge in [0.2, 0.25) is 0 Å². The molecule has 3 rings (SSSR count). The molecule has 112 valence electrons. The maximum absolute atomic E-state index is 6.27. The number of hydrogen-bond donors (Lipinski definition) is 1. The lowest BCUT2D eigenvalue weighted by Crippen LogP contribution is -2.36. The van der Waals surface area contributed by atoms with Crippen LogP contribution in [0.2, 0.25) is 0 Å². The Morgan fingerprint density at radius 3 is 3.00 bits per heavy atom. The number of ether oxygens (including phenoxy) is 2. The molecule has 1 aliphatic carbocycles. The molecule has 0 bridgehead atoms. The Morgan fingerprint density at radius 2 is 2.20 bits per heavy atom. The van der Waals surface area contributed by atoms with Crippen LogP contribution in [-0.4, -0.2) is 43.3 Å². The lowest BCUT2D eigenvalue weighted by molar-refractivity contribution is 0.152. The Morgan fingerprint density at radius 1 is 1.40 bits per heavy atom. The fourth-order valence-corrected chi connectivity index (χ4v) is 3.37. The Hall–Kier alpha value is -1.00. The Balaban J connectivity index is 1.51. The van der Waals surface area contributed by atoms with Crippen molar-refractivity contribution in [2.45, 2.75) is 44.6 Å². The summed E-state index contributed by atoms with van der Waals surface area (Å²) in [6.07, 6.45) is 7.69. The smallest absolute Gasteiger partial charge is 0.160 e. The van der Waals surface area contributed by atoms with E-state index in [9.17, 15) is 0 Å². The largest absolute Gasteiger partial charge is 0.490 e. The highest BCUT2D eigenvalue weighted by Crippen LogP contribution is 2.37. The zero-order chi connectivity index (χ0) is 14.0. The van der Waals surface area contributed by atoms with Gasteiger partial charge in [0.25, 0.3) is 0 Å². The van der Waals surface area contributed by atoms with Crippen LogP contribution < -0.4 is 5.73 Å². The fourth-order valence-electron chi connectivity index (χ4n) is 3.37. The van der Waals surface area contributed by atoms with Crippen LogP contribution in [0.15, 0.2) is 23.2 Å². The summed E-state index contributed by atoms with van der Waals surface area (Å²) in [5.74, 6) is 1.84.